The first kappa shape index (κ1) is 125. The Balaban J connectivity index is 2.57. The average Bonchev–Trinajstić information content (AvgIpc) is 1.59. The number of aromatic nitrogens is 2. The molecule has 1 aliphatic rings. The number of H-pyrrole nitrogens is 1. The number of aromatic amines is 1. The zero-order valence-corrected chi connectivity index (χ0v) is 82.0. The zero-order chi connectivity index (χ0) is 108. The van der Waals surface area contributed by atoms with Crippen molar-refractivity contribution in [1.29, 1.82) is 5.41 Å². The van der Waals surface area contributed by atoms with Gasteiger partial charge in [0.15, 0.2) is 5.96 Å². The van der Waals surface area contributed by atoms with Gasteiger partial charge in [0, 0.05) is 63.5 Å². The van der Waals surface area contributed by atoms with Gasteiger partial charge in [0.25, 0.3) is 0 Å². The molecule has 18 atom stereocenters. The number of aliphatic hydroxyl groups excluding tert-OH is 1. The minimum Gasteiger partial charge on any atom is -0.481 e. The fourth-order valence-electron chi connectivity index (χ4n) is 14.4. The summed E-state index contributed by atoms with van der Waals surface area (Å²) in [5.74, 6) is -33.0. The van der Waals surface area contributed by atoms with E-state index in [0.717, 1.165) is 4.90 Å². The van der Waals surface area contributed by atoms with Crippen LogP contribution in [0, 0.1) is 29.1 Å². The Kier molecular flexibility index (Phi) is 56.3. The number of hydrogen-bond acceptors (Lipinski definition) is 30. The summed E-state index contributed by atoms with van der Waals surface area (Å²) in [5, 5.41) is 115. The van der Waals surface area contributed by atoms with Crippen LogP contribution in [0.1, 0.15) is 202 Å². The number of thioether (sulfide) groups is 1. The van der Waals surface area contributed by atoms with Crippen LogP contribution in [0.3, 0.4) is 0 Å². The van der Waals surface area contributed by atoms with E-state index in [1.807, 2.05) is 0 Å². The first-order valence-electron chi connectivity index (χ1n) is 46.5. The van der Waals surface area contributed by atoms with Gasteiger partial charge in [-0.25, -0.2) is 9.78 Å². The van der Waals surface area contributed by atoms with E-state index < -0.39 is 365 Å². The standard InChI is InChI=1S/C86H141N25O31S/c1-10-43(8)68(110-79(135)57(38-112)107-73(129)50(22-27-64(121)122)99-80(136)58-17-14-31-111(58)84(140)56(35-60(90)114)106-72(128)48(20-25-62(117)118)96-69(125)45(88)18-24-61(115)116)83(139)105-53(33-40(2)3)76(132)104-55(36-65(123)124)77(133)98-49(21-26-63(119)120)71(127)103-54(34-44-37-93-39-95-44)78(134)109-67(42(6)7)81(137)100-47(19-23-59(89)113)70(126)97-46(16-13-30-94-86(91)92)75(131)108-66(41(4)5)82(138)101-51(28-32-143-9)74(130)102-52(85(141)142)15-11-12-29-87/h37,39-43,45-58,66-68,112H,10-36,38,87-88H2,1-9H3,(H2,89,113)(H2,90,114)(H,93,95)(H,96,125)(H,97,126)(H,98,133)(H,99,136)(H,100,137)(H,101,138)(H,102,130)(H,103,127)(H,104,132)(H,105,139)(H,106,128)(H,107,129)(H,108,131)(H,109,134)(H,110,135)(H,115,116)(H,117,118)(H,119,120)(H,121,122)(H,123,124)(H,141,142)(H4,91,92,94)/t43-,45-,46-,47-,48-,49-,50-,51-,52-,53-,54-,55-,56-,57-,58-,66-,67-,68-/m0/s1. The fourth-order valence-corrected chi connectivity index (χ4v) is 14.9. The number of primary amides is 2. The van der Waals surface area contributed by atoms with Crippen LogP contribution in [0.25, 0.3) is 0 Å². The number of carbonyl (C=O) groups is 24. The van der Waals surface area contributed by atoms with Gasteiger partial charge in [0.2, 0.25) is 106 Å². The summed E-state index contributed by atoms with van der Waals surface area (Å²) in [6, 6.07) is -29.3. The molecule has 143 heavy (non-hydrogen) atoms. The maximum Gasteiger partial charge on any atom is 0.326 e. The molecule has 1 aromatic heterocycles. The van der Waals surface area contributed by atoms with Crippen LogP contribution >= 0.6 is 11.8 Å². The predicted molar refractivity (Wildman–Crippen MR) is 504 cm³/mol. The Morgan fingerprint density at radius 1 is 0.448 bits per heavy atom. The lowest BCUT2D eigenvalue weighted by Crippen LogP contribution is -2.62. The van der Waals surface area contributed by atoms with Gasteiger partial charge in [-0.3, -0.25) is 116 Å². The van der Waals surface area contributed by atoms with E-state index in [-0.39, 0.29) is 76.7 Å². The summed E-state index contributed by atoms with van der Waals surface area (Å²) in [6.45, 7) is 10.8. The lowest BCUT2D eigenvalue weighted by molar-refractivity contribution is -0.144. The van der Waals surface area contributed by atoms with E-state index >= 15 is 0 Å². The van der Waals surface area contributed by atoms with E-state index in [1.165, 1.54) is 45.1 Å². The van der Waals surface area contributed by atoms with Crippen LogP contribution in [-0.4, -0.2) is 340 Å². The van der Waals surface area contributed by atoms with Crippen LogP contribution in [0.5, 0.6) is 0 Å². The largest absolute Gasteiger partial charge is 0.481 e. The summed E-state index contributed by atoms with van der Waals surface area (Å²) >= 11 is 1.32. The summed E-state index contributed by atoms with van der Waals surface area (Å²) in [5.41, 5.74) is 28.0. The second-order valence-corrected chi connectivity index (χ2v) is 36.3. The number of guanidine groups is 1. The SMILES string of the molecule is CC[C@H](C)[C@H](NC(=O)[C@H](CO)NC(=O)[C@H](CCC(=O)O)NC(=O)[C@@H]1CCCN1C(=O)[C@H](CC(N)=O)NC(=O)[C@H](CCC(=O)O)NC(=O)[C@@H](N)CCC(=O)O)C(=O)N[C@@H](CC(C)C)C(=O)N[C@@H](CC(=O)O)C(=O)N[C@@H](CCC(=O)O)C(=O)N[C@@H](Cc1cnc[nH]1)C(=O)N[C@H](C(=O)N[C@@H](CCC(N)=O)C(=O)N[C@@H](CCCNC(=N)N)C(=O)N[C@H](C(=O)N[C@@H](CCSC)C(=O)N[C@@H](CCCCN)C(=O)O)C(C)C)C(C)C. The number of aliphatic hydroxyl groups is 1. The number of unbranched alkanes of at least 4 members (excludes halogenated alkanes) is 1. The molecule has 0 spiro atoms. The third kappa shape index (κ3) is 47.0. The Hall–Kier alpha value is -14.0. The van der Waals surface area contributed by atoms with Crippen molar-refractivity contribution in [3.8, 4) is 0 Å². The molecule has 802 valence electrons. The zero-order valence-electron chi connectivity index (χ0n) is 81.2. The molecule has 1 aliphatic heterocycles. The van der Waals surface area contributed by atoms with Crippen molar-refractivity contribution in [3.63, 3.8) is 0 Å². The van der Waals surface area contributed by atoms with E-state index in [4.69, 9.17) is 39.2 Å². The maximum absolute atomic E-state index is 14.8. The second-order valence-electron chi connectivity index (χ2n) is 35.3. The van der Waals surface area contributed by atoms with E-state index in [0.29, 0.717) is 18.6 Å². The first-order valence-corrected chi connectivity index (χ1v) is 47.8. The van der Waals surface area contributed by atoms with Crippen molar-refractivity contribution in [2.75, 3.05) is 38.2 Å². The molecule has 0 unspecified atom stereocenters. The highest BCUT2D eigenvalue weighted by molar-refractivity contribution is 7.98. The molecule has 0 saturated carbocycles. The number of carbonyl (C=O) groups excluding carboxylic acids is 18. The van der Waals surface area contributed by atoms with Crippen LogP contribution in [0.15, 0.2) is 12.5 Å². The highest BCUT2D eigenvalue weighted by atomic mass is 32.2. The molecule has 2 rings (SSSR count). The number of aliphatic carboxylic acids is 6. The quantitative estimate of drug-likeness (QED) is 0.0164. The maximum atomic E-state index is 14.8. The number of hydrogen-bond donors (Lipinski definition) is 30. The van der Waals surface area contributed by atoms with Crippen molar-refractivity contribution in [2.24, 2.45) is 52.3 Å². The number of amides is 18. The minimum atomic E-state index is -2.20. The van der Waals surface area contributed by atoms with E-state index in [1.54, 1.807) is 40.9 Å². The minimum absolute atomic E-state index is 0.00152. The number of carboxylic acids is 6. The second kappa shape index (κ2) is 64.4. The van der Waals surface area contributed by atoms with Gasteiger partial charge in [0.05, 0.1) is 31.8 Å². The van der Waals surface area contributed by atoms with Crippen molar-refractivity contribution < 1.29 is 151 Å². The number of nitrogens with one attached hydrogen (secondary N) is 18. The summed E-state index contributed by atoms with van der Waals surface area (Å²) < 4.78 is 0. The Bertz CT molecular complexity index is 4570. The molecule has 0 bridgehead atoms. The third-order valence-electron chi connectivity index (χ3n) is 22.5. The number of likely N-dealkylation sites (tertiary alicyclic amines) is 1. The molecule has 0 aliphatic carbocycles. The molecule has 1 aromatic rings. The summed E-state index contributed by atoms with van der Waals surface area (Å²) in [7, 11) is 0. The van der Waals surface area contributed by atoms with Gasteiger partial charge < -0.3 is 159 Å². The van der Waals surface area contributed by atoms with E-state index in [2.05, 4.69) is 95.0 Å². The molecule has 1 saturated heterocycles. The van der Waals surface area contributed by atoms with Crippen LogP contribution in [0.4, 0.5) is 0 Å². The van der Waals surface area contributed by atoms with Gasteiger partial charge in [-0.1, -0.05) is 61.8 Å². The van der Waals surface area contributed by atoms with Crippen molar-refractivity contribution in [1.82, 2.24) is 99.9 Å². The molecule has 57 heteroatoms. The van der Waals surface area contributed by atoms with Crippen molar-refractivity contribution in [3.05, 3.63) is 18.2 Å². The number of nitrogens with zero attached hydrogens (tertiary/aromatic N) is 2. The molecule has 35 N–H and O–H groups in total. The lowest BCUT2D eigenvalue weighted by Gasteiger charge is -2.31. The molecular formula is C86H141N25O31S. The summed E-state index contributed by atoms with van der Waals surface area (Å²) in [4.78, 5) is 332. The summed E-state index contributed by atoms with van der Waals surface area (Å²) in [6.07, 6.45) is -5.19. The normalized spacial score (nSPS) is 15.8. The molecule has 56 nitrogen and oxygen atoms in total. The number of carboxylic acid groups (broad SMARTS) is 6. The van der Waals surface area contributed by atoms with Gasteiger partial charge >= 0.3 is 35.8 Å². The number of nitrogens with two attached hydrogens (primary N) is 5. The number of imidazole rings is 1. The van der Waals surface area contributed by atoms with Crippen molar-refractivity contribution >= 4 is 160 Å². The molecular weight excluding hydrogens is 1910 g/mol. The third-order valence-corrected chi connectivity index (χ3v) is 23.1. The van der Waals surface area contributed by atoms with Crippen LogP contribution in [-0.2, 0) is 121 Å². The van der Waals surface area contributed by atoms with Crippen LogP contribution in [0.2, 0.25) is 0 Å². The first-order chi connectivity index (χ1) is 67.1. The highest BCUT2D eigenvalue weighted by Crippen LogP contribution is 2.23. The molecule has 18 amide bonds. The van der Waals surface area contributed by atoms with E-state index in [9.17, 15) is 146 Å². The Morgan fingerprint density at radius 2 is 0.846 bits per heavy atom. The topological polar surface area (TPSA) is 930 Å². The van der Waals surface area contributed by atoms with Gasteiger partial charge in [-0.2, -0.15) is 11.8 Å². The average molecular weight is 2050 g/mol. The Labute approximate surface area is 827 Å². The van der Waals surface area contributed by atoms with Gasteiger partial charge in [-0.15, -0.1) is 0 Å². The van der Waals surface area contributed by atoms with Gasteiger partial charge in [0.1, 0.15) is 96.7 Å². The molecule has 2 heterocycles. The highest BCUT2D eigenvalue weighted by Gasteiger charge is 2.44. The van der Waals surface area contributed by atoms with Gasteiger partial charge in [-0.05, 0) is 132 Å². The molecule has 0 aromatic carbocycles. The monoisotopic (exact) mass is 2050 g/mol. The molecule has 0 radical (unpaired) electrons. The van der Waals surface area contributed by atoms with Crippen molar-refractivity contribution in [2.45, 2.75) is 306 Å². The smallest absolute Gasteiger partial charge is 0.326 e. The van der Waals surface area contributed by atoms with Crippen LogP contribution < -0.4 is 114 Å². The molecule has 1 fully saturated rings. The number of rotatable bonds is 71. The Morgan fingerprint density at radius 3 is 1.29 bits per heavy atom. The lowest BCUT2D eigenvalue weighted by atomic mass is 9.96. The fraction of sp³-hybridized carbons (Fsp3) is 0.674. The predicted octanol–water partition coefficient (Wildman–Crippen LogP) is -8.76.